The minimum absolute atomic E-state index is 0.0472. The maximum Gasteiger partial charge on any atom is 0.325 e. The monoisotopic (exact) mass is 285 g/mol. The van der Waals surface area contributed by atoms with Gasteiger partial charge in [0.25, 0.3) is 0 Å². The molecule has 0 spiro atoms. The van der Waals surface area contributed by atoms with Gasteiger partial charge in [0.15, 0.2) is 0 Å². The molecule has 1 aliphatic rings. The van der Waals surface area contributed by atoms with Crippen LogP contribution in [0.3, 0.4) is 0 Å². The zero-order valence-corrected chi connectivity index (χ0v) is 13.7. The summed E-state index contributed by atoms with van der Waals surface area (Å²) in [4.78, 5) is 12.0. The summed E-state index contributed by atoms with van der Waals surface area (Å²) in [7, 11) is 1.44. The van der Waals surface area contributed by atoms with Crippen molar-refractivity contribution in [3.05, 3.63) is 0 Å². The van der Waals surface area contributed by atoms with Gasteiger partial charge in [-0.15, -0.1) is 0 Å². The third-order valence-corrected chi connectivity index (χ3v) is 4.03. The average Bonchev–Trinajstić information content (AvgIpc) is 2.87. The Hall–Kier alpha value is -0.610. The first-order valence-electron chi connectivity index (χ1n) is 7.85. The van der Waals surface area contributed by atoms with Crippen molar-refractivity contribution in [3.8, 4) is 0 Å². The molecule has 4 nitrogen and oxygen atoms in total. The summed E-state index contributed by atoms with van der Waals surface area (Å²) in [5.74, 6) is 0.488. The molecule has 1 N–H and O–H groups in total. The van der Waals surface area contributed by atoms with Gasteiger partial charge in [0.1, 0.15) is 5.54 Å². The van der Waals surface area contributed by atoms with Crippen molar-refractivity contribution in [3.63, 3.8) is 0 Å². The number of rotatable bonds is 8. The Morgan fingerprint density at radius 3 is 2.40 bits per heavy atom. The Labute approximate surface area is 123 Å². The van der Waals surface area contributed by atoms with E-state index in [1.54, 1.807) is 0 Å². The zero-order chi connectivity index (χ0) is 15.2. The van der Waals surface area contributed by atoms with Gasteiger partial charge in [0.05, 0.1) is 13.2 Å². The van der Waals surface area contributed by atoms with E-state index in [0.29, 0.717) is 12.3 Å². The standard InChI is InChI=1S/C16H31NO3/c1-12(2)17-16(4,15(18)19-5)10-13(3)20-11-14-8-6-7-9-14/h12-14,17H,6-11H2,1-5H3. The summed E-state index contributed by atoms with van der Waals surface area (Å²) in [6.45, 7) is 8.82. The molecule has 0 aromatic rings. The molecule has 1 aliphatic carbocycles. The van der Waals surface area contributed by atoms with Gasteiger partial charge >= 0.3 is 5.97 Å². The van der Waals surface area contributed by atoms with Gasteiger partial charge in [0, 0.05) is 19.1 Å². The highest BCUT2D eigenvalue weighted by atomic mass is 16.5. The van der Waals surface area contributed by atoms with E-state index in [-0.39, 0.29) is 18.1 Å². The fourth-order valence-electron chi connectivity index (χ4n) is 3.17. The van der Waals surface area contributed by atoms with E-state index in [9.17, 15) is 4.79 Å². The lowest BCUT2D eigenvalue weighted by Crippen LogP contribution is -2.54. The van der Waals surface area contributed by atoms with Crippen molar-refractivity contribution < 1.29 is 14.3 Å². The number of hydrogen-bond acceptors (Lipinski definition) is 4. The number of carbonyl (C=O) groups is 1. The van der Waals surface area contributed by atoms with Crippen LogP contribution in [0.15, 0.2) is 0 Å². The highest BCUT2D eigenvalue weighted by Crippen LogP contribution is 2.26. The Morgan fingerprint density at radius 1 is 1.30 bits per heavy atom. The van der Waals surface area contributed by atoms with E-state index >= 15 is 0 Å². The second kappa shape index (κ2) is 7.99. The Balaban J connectivity index is 2.48. The van der Waals surface area contributed by atoms with E-state index in [2.05, 4.69) is 5.32 Å². The van der Waals surface area contributed by atoms with Gasteiger partial charge in [-0.05, 0) is 46.5 Å². The van der Waals surface area contributed by atoms with Gasteiger partial charge in [-0.25, -0.2) is 0 Å². The molecule has 0 aliphatic heterocycles. The lowest BCUT2D eigenvalue weighted by Gasteiger charge is -2.32. The Kier molecular flexibility index (Phi) is 6.96. The van der Waals surface area contributed by atoms with E-state index in [4.69, 9.17) is 9.47 Å². The summed E-state index contributed by atoms with van der Waals surface area (Å²) in [5.41, 5.74) is -0.683. The normalized spacial score (nSPS) is 20.9. The molecule has 0 saturated heterocycles. The molecule has 20 heavy (non-hydrogen) atoms. The van der Waals surface area contributed by atoms with Crippen LogP contribution in [0.4, 0.5) is 0 Å². The van der Waals surface area contributed by atoms with Crippen LogP contribution in [0, 0.1) is 5.92 Å². The number of ether oxygens (including phenoxy) is 2. The first-order valence-corrected chi connectivity index (χ1v) is 7.85. The maximum absolute atomic E-state index is 12.0. The molecule has 0 radical (unpaired) electrons. The minimum atomic E-state index is -0.683. The SMILES string of the molecule is COC(=O)C(C)(CC(C)OCC1CCCC1)NC(C)C. The van der Waals surface area contributed by atoms with Gasteiger partial charge in [-0.2, -0.15) is 0 Å². The van der Waals surface area contributed by atoms with Crippen LogP contribution in [0.1, 0.15) is 59.8 Å². The summed E-state index contributed by atoms with van der Waals surface area (Å²) in [6, 6.07) is 0.223. The van der Waals surface area contributed by atoms with Crippen molar-refractivity contribution in [1.82, 2.24) is 5.32 Å². The first-order chi connectivity index (χ1) is 9.37. The molecule has 2 atom stereocenters. The lowest BCUT2D eigenvalue weighted by atomic mass is 9.93. The molecule has 2 unspecified atom stereocenters. The number of hydrogen-bond donors (Lipinski definition) is 1. The molecule has 0 bridgehead atoms. The maximum atomic E-state index is 12.0. The van der Waals surface area contributed by atoms with E-state index in [1.165, 1.54) is 32.8 Å². The highest BCUT2D eigenvalue weighted by molar-refractivity contribution is 5.80. The molecular formula is C16H31NO3. The Morgan fingerprint density at radius 2 is 1.90 bits per heavy atom. The molecule has 0 heterocycles. The predicted molar refractivity (Wildman–Crippen MR) is 80.7 cm³/mol. The highest BCUT2D eigenvalue weighted by Gasteiger charge is 2.36. The predicted octanol–water partition coefficient (Wildman–Crippen LogP) is 2.90. The van der Waals surface area contributed by atoms with Crippen LogP contribution >= 0.6 is 0 Å². The smallest absolute Gasteiger partial charge is 0.325 e. The van der Waals surface area contributed by atoms with Crippen molar-refractivity contribution in [2.45, 2.75) is 77.5 Å². The average molecular weight is 285 g/mol. The van der Waals surface area contributed by atoms with Gasteiger partial charge < -0.3 is 9.47 Å². The minimum Gasteiger partial charge on any atom is -0.468 e. The third-order valence-electron chi connectivity index (χ3n) is 4.03. The molecule has 1 rings (SSSR count). The molecule has 118 valence electrons. The fraction of sp³-hybridized carbons (Fsp3) is 0.938. The zero-order valence-electron chi connectivity index (χ0n) is 13.7. The van der Waals surface area contributed by atoms with Crippen LogP contribution < -0.4 is 5.32 Å². The summed E-state index contributed by atoms with van der Waals surface area (Å²) < 4.78 is 10.9. The first kappa shape index (κ1) is 17.4. The topological polar surface area (TPSA) is 47.6 Å². The summed E-state index contributed by atoms with van der Waals surface area (Å²) in [5, 5.41) is 3.31. The van der Waals surface area contributed by atoms with E-state index in [0.717, 1.165) is 6.61 Å². The van der Waals surface area contributed by atoms with Crippen LogP contribution in [-0.4, -0.2) is 37.4 Å². The van der Waals surface area contributed by atoms with Crippen LogP contribution in [-0.2, 0) is 14.3 Å². The second-order valence-corrected chi connectivity index (χ2v) is 6.62. The quantitative estimate of drug-likeness (QED) is 0.697. The van der Waals surface area contributed by atoms with Gasteiger partial charge in [-0.3, -0.25) is 10.1 Å². The van der Waals surface area contributed by atoms with Crippen LogP contribution in [0.25, 0.3) is 0 Å². The number of esters is 1. The molecule has 0 aromatic carbocycles. The van der Waals surface area contributed by atoms with Crippen molar-refractivity contribution in [1.29, 1.82) is 0 Å². The van der Waals surface area contributed by atoms with Gasteiger partial charge in [-0.1, -0.05) is 12.8 Å². The molecule has 0 aromatic heterocycles. The van der Waals surface area contributed by atoms with E-state index in [1.807, 2.05) is 27.7 Å². The Bertz CT molecular complexity index is 300. The number of nitrogens with one attached hydrogen (secondary N) is 1. The number of methoxy groups -OCH3 is 1. The van der Waals surface area contributed by atoms with Crippen LogP contribution in [0.5, 0.6) is 0 Å². The summed E-state index contributed by atoms with van der Waals surface area (Å²) in [6.07, 6.45) is 5.90. The largest absolute Gasteiger partial charge is 0.468 e. The molecular weight excluding hydrogens is 254 g/mol. The van der Waals surface area contributed by atoms with Crippen molar-refractivity contribution in [2.24, 2.45) is 5.92 Å². The van der Waals surface area contributed by atoms with Crippen molar-refractivity contribution in [2.75, 3.05) is 13.7 Å². The second-order valence-electron chi connectivity index (χ2n) is 6.62. The lowest BCUT2D eigenvalue weighted by molar-refractivity contribution is -0.150. The van der Waals surface area contributed by atoms with Crippen LogP contribution in [0.2, 0.25) is 0 Å². The molecule has 1 saturated carbocycles. The van der Waals surface area contributed by atoms with Gasteiger partial charge in [0.2, 0.25) is 0 Å². The fourth-order valence-corrected chi connectivity index (χ4v) is 3.17. The number of carbonyl (C=O) groups excluding carboxylic acids is 1. The van der Waals surface area contributed by atoms with E-state index < -0.39 is 5.54 Å². The summed E-state index contributed by atoms with van der Waals surface area (Å²) >= 11 is 0. The van der Waals surface area contributed by atoms with Crippen molar-refractivity contribution >= 4 is 5.97 Å². The molecule has 1 fully saturated rings. The molecule has 0 amide bonds. The molecule has 4 heteroatoms. The third kappa shape index (κ3) is 5.41.